The van der Waals surface area contributed by atoms with E-state index >= 15 is 0 Å². The lowest BCUT2D eigenvalue weighted by atomic mass is 9.56. The molecule has 0 aromatic heterocycles. The van der Waals surface area contributed by atoms with Crippen molar-refractivity contribution in [2.24, 2.45) is 11.1 Å². The maximum atomic E-state index is 14.6. The minimum atomic E-state index is -3.25. The number of aromatic hydroxyl groups is 2. The third-order valence-electron chi connectivity index (χ3n) is 10.3. The molecule has 4 aliphatic rings. The van der Waals surface area contributed by atoms with Crippen molar-refractivity contribution in [3.05, 3.63) is 75.5 Å². The van der Waals surface area contributed by atoms with Gasteiger partial charge in [-0.2, -0.15) is 0 Å². The number of phenolic OH excluding ortho intramolecular Hbond substituents is 2. The summed E-state index contributed by atoms with van der Waals surface area (Å²) in [7, 11) is 8.46. The summed E-state index contributed by atoms with van der Waals surface area (Å²) in [4.78, 5) is 73.8. The summed E-state index contributed by atoms with van der Waals surface area (Å²) < 4.78 is 21.6. The SMILES string of the molecule is [CH]O/N=C1\[C@@H](CO)[C@@H](NC2=CC(=O)c3c(cc4c(c3O)C(=O)[C@]3(OC)[C@H](O)Cc5cc(C)c(C(=O)OC)c(O)c5[C@]3(O)C4=O)C2=O)O[C@@H](C)[C@@H]1OC. The van der Waals surface area contributed by atoms with E-state index in [0.29, 0.717) is 0 Å². The number of hydrogen-bond donors (Lipinski definition) is 6. The Morgan fingerprint density at radius 3 is 2.37 bits per heavy atom. The van der Waals surface area contributed by atoms with Gasteiger partial charge in [-0.3, -0.25) is 19.2 Å². The standard InChI is InChI=1S/C35H34N2O15/c1-12-7-14-8-20(40)35(50-5)31(45)23-16(30(44)34(35,47)24(14)28(43)21(12)33(46)49-4)9-15-22(27(23)42)19(39)10-18(26(15)41)36-32-17(11-38)25(37-51-6)29(48-3)13(2)52-32/h6-7,9-10,13,17,20,29,32,36,38,40,42-43,47H,8,11H2,1-5H3/b37-25+/t13-,17+,20+,29-,32-,34-,35+/m0/s1. The van der Waals surface area contributed by atoms with Gasteiger partial charge in [-0.1, -0.05) is 11.2 Å². The molecule has 3 aliphatic carbocycles. The van der Waals surface area contributed by atoms with Gasteiger partial charge in [0.2, 0.25) is 24.5 Å². The number of carbonyl (C=O) groups excluding carboxylic acids is 5. The van der Waals surface area contributed by atoms with Crippen molar-refractivity contribution in [1.82, 2.24) is 5.32 Å². The van der Waals surface area contributed by atoms with Gasteiger partial charge in [0.25, 0.3) is 0 Å². The molecule has 52 heavy (non-hydrogen) atoms. The second-order valence-electron chi connectivity index (χ2n) is 12.8. The number of oxime groups is 1. The van der Waals surface area contributed by atoms with Gasteiger partial charge in [0.1, 0.15) is 29.4 Å². The van der Waals surface area contributed by atoms with Crippen LogP contribution in [0, 0.1) is 20.0 Å². The van der Waals surface area contributed by atoms with Crippen LogP contribution in [0.3, 0.4) is 0 Å². The van der Waals surface area contributed by atoms with Crippen molar-refractivity contribution in [3.8, 4) is 11.5 Å². The predicted octanol–water partition coefficient (Wildman–Crippen LogP) is 0.0238. The molecule has 0 unspecified atom stereocenters. The molecule has 0 saturated carbocycles. The molecule has 1 heterocycles. The Morgan fingerprint density at radius 1 is 1.08 bits per heavy atom. The molecule has 17 heteroatoms. The van der Waals surface area contributed by atoms with Crippen LogP contribution in [0.1, 0.15) is 75.4 Å². The van der Waals surface area contributed by atoms with Gasteiger partial charge < -0.3 is 54.6 Å². The Labute approximate surface area is 295 Å². The van der Waals surface area contributed by atoms with Crippen LogP contribution in [-0.2, 0) is 35.8 Å². The van der Waals surface area contributed by atoms with Crippen molar-refractivity contribution < 1.29 is 73.3 Å². The van der Waals surface area contributed by atoms with Crippen LogP contribution in [0.2, 0.25) is 0 Å². The van der Waals surface area contributed by atoms with Crippen LogP contribution in [0.4, 0.5) is 0 Å². The Morgan fingerprint density at radius 2 is 1.77 bits per heavy atom. The lowest BCUT2D eigenvalue weighted by Gasteiger charge is -2.52. The number of methoxy groups -OCH3 is 3. The molecule has 0 spiro atoms. The normalized spacial score (nSPS) is 30.2. The van der Waals surface area contributed by atoms with Gasteiger partial charge in [0, 0.05) is 43.4 Å². The summed E-state index contributed by atoms with van der Waals surface area (Å²) >= 11 is 0. The van der Waals surface area contributed by atoms with Gasteiger partial charge >= 0.3 is 5.97 Å². The third kappa shape index (κ3) is 4.70. The van der Waals surface area contributed by atoms with E-state index in [9.17, 15) is 49.5 Å². The summed E-state index contributed by atoms with van der Waals surface area (Å²) in [6, 6.07) is 2.15. The second kappa shape index (κ2) is 12.9. The number of Topliss-reactive ketones (excluding diaryl/α,β-unsaturated/α-hetero) is 3. The Bertz CT molecular complexity index is 2020. The van der Waals surface area contributed by atoms with Crippen molar-refractivity contribution in [2.75, 3.05) is 27.9 Å². The highest BCUT2D eigenvalue weighted by Crippen LogP contribution is 2.56. The van der Waals surface area contributed by atoms with Crippen LogP contribution >= 0.6 is 0 Å². The van der Waals surface area contributed by atoms with E-state index in [1.807, 2.05) is 0 Å². The number of allylic oxidation sites excluding steroid dienone is 2. The number of nitrogens with one attached hydrogen (secondary N) is 1. The number of nitrogens with zero attached hydrogens (tertiary/aromatic N) is 1. The van der Waals surface area contributed by atoms with Crippen LogP contribution in [-0.4, -0.2) is 118 Å². The largest absolute Gasteiger partial charge is 0.507 e. The average Bonchev–Trinajstić information content (AvgIpc) is 3.09. The van der Waals surface area contributed by atoms with Crippen LogP contribution in [0.15, 0.2) is 29.1 Å². The molecule has 274 valence electrons. The minimum Gasteiger partial charge on any atom is -0.507 e. The first-order chi connectivity index (χ1) is 24.6. The molecule has 0 bridgehead atoms. The first-order valence-corrected chi connectivity index (χ1v) is 15.8. The van der Waals surface area contributed by atoms with Crippen LogP contribution < -0.4 is 5.32 Å². The third-order valence-corrected chi connectivity index (χ3v) is 10.3. The maximum Gasteiger partial charge on any atom is 0.341 e. The number of phenols is 2. The van der Waals surface area contributed by atoms with Crippen molar-refractivity contribution in [1.29, 1.82) is 0 Å². The fraction of sp³-hybridized carbons (Fsp3) is 0.400. The Kier molecular flexibility index (Phi) is 9.09. The molecular weight excluding hydrogens is 688 g/mol. The van der Waals surface area contributed by atoms with E-state index in [-0.39, 0.29) is 16.8 Å². The topological polar surface area (TPSA) is 257 Å². The predicted molar refractivity (Wildman–Crippen MR) is 173 cm³/mol. The number of aliphatic hydroxyl groups is 3. The molecule has 1 fully saturated rings. The zero-order chi connectivity index (χ0) is 38.2. The van der Waals surface area contributed by atoms with Gasteiger partial charge in [0.15, 0.2) is 17.0 Å². The smallest absolute Gasteiger partial charge is 0.341 e. The Balaban J connectivity index is 1.51. The number of esters is 1. The molecule has 1 saturated heterocycles. The molecule has 1 aliphatic heterocycles. The number of carbonyl (C=O) groups is 5. The minimum absolute atomic E-state index is 0.0170. The van der Waals surface area contributed by atoms with E-state index in [0.717, 1.165) is 26.4 Å². The lowest BCUT2D eigenvalue weighted by Crippen LogP contribution is -2.73. The van der Waals surface area contributed by atoms with Gasteiger partial charge in [-0.25, -0.2) is 4.79 Å². The molecule has 6 rings (SSSR count). The Hall–Kier alpha value is -5.04. The first kappa shape index (κ1) is 36.7. The van der Waals surface area contributed by atoms with Gasteiger partial charge in [-0.05, 0) is 31.0 Å². The van der Waals surface area contributed by atoms with Crippen molar-refractivity contribution in [3.63, 3.8) is 0 Å². The van der Waals surface area contributed by atoms with Crippen molar-refractivity contribution >= 4 is 34.8 Å². The zero-order valence-electron chi connectivity index (χ0n) is 28.4. The quantitative estimate of drug-likeness (QED) is 0.163. The average molecular weight is 723 g/mol. The molecule has 2 aromatic carbocycles. The summed E-state index contributed by atoms with van der Waals surface area (Å²) in [6.45, 7) is 2.43. The van der Waals surface area contributed by atoms with Crippen LogP contribution in [0.25, 0.3) is 0 Å². The van der Waals surface area contributed by atoms with Gasteiger partial charge in [-0.15, -0.1) is 0 Å². The van der Waals surface area contributed by atoms with Crippen LogP contribution in [0.5, 0.6) is 11.5 Å². The monoisotopic (exact) mass is 722 g/mol. The number of ether oxygens (including phenoxy) is 4. The number of hydrogen-bond acceptors (Lipinski definition) is 17. The first-order valence-electron chi connectivity index (χ1n) is 15.8. The number of ketones is 4. The van der Waals surface area contributed by atoms with Gasteiger partial charge in [0.05, 0.1) is 54.4 Å². The highest BCUT2D eigenvalue weighted by atomic mass is 16.6. The highest BCUT2D eigenvalue weighted by Gasteiger charge is 2.72. The molecule has 2 aromatic rings. The summed E-state index contributed by atoms with van der Waals surface area (Å²) in [6.07, 6.45) is -4.41. The fourth-order valence-electron chi connectivity index (χ4n) is 7.93. The molecular formula is C35H34N2O15. The number of benzene rings is 2. The number of aryl methyl sites for hydroxylation is 1. The molecule has 6 N–H and O–H groups in total. The van der Waals surface area contributed by atoms with E-state index < -0.39 is 134 Å². The summed E-state index contributed by atoms with van der Waals surface area (Å²) in [5.74, 6) is -8.83. The number of aliphatic hydroxyl groups excluding tert-OH is 2. The number of rotatable bonds is 7. The van der Waals surface area contributed by atoms with E-state index in [1.165, 1.54) is 20.1 Å². The molecule has 17 nitrogen and oxygen atoms in total. The zero-order valence-corrected chi connectivity index (χ0v) is 28.4. The molecule has 7 atom stereocenters. The van der Waals surface area contributed by atoms with Crippen molar-refractivity contribution in [2.45, 2.75) is 56.0 Å². The molecule has 0 amide bonds. The highest BCUT2D eigenvalue weighted by molar-refractivity contribution is 6.31. The van der Waals surface area contributed by atoms with E-state index in [4.69, 9.17) is 26.1 Å². The van der Waals surface area contributed by atoms with E-state index in [2.05, 4.69) is 15.3 Å². The fourth-order valence-corrected chi connectivity index (χ4v) is 7.93. The summed E-state index contributed by atoms with van der Waals surface area (Å²) in [5.41, 5.74) is -10.2. The van der Waals surface area contributed by atoms with E-state index in [1.54, 1.807) is 6.92 Å². The lowest BCUT2D eigenvalue weighted by molar-refractivity contribution is -0.181. The number of fused-ring (bicyclic) bond motifs is 5. The maximum absolute atomic E-state index is 14.6. The molecule has 2 radical (unpaired) electrons. The second-order valence-corrected chi connectivity index (χ2v) is 12.8. The summed E-state index contributed by atoms with van der Waals surface area (Å²) in [5, 5.41) is 63.5.